The minimum absolute atomic E-state index is 0.0449. The molecule has 1 aromatic rings. The first-order chi connectivity index (χ1) is 8.00. The second kappa shape index (κ2) is 6.00. The van der Waals surface area contributed by atoms with Crippen LogP contribution in [0.1, 0.15) is 37.6 Å². The molecule has 0 aliphatic carbocycles. The molecule has 1 aromatic heterocycles. The van der Waals surface area contributed by atoms with E-state index in [4.69, 9.17) is 0 Å². The van der Waals surface area contributed by atoms with Crippen LogP contribution in [0.4, 0.5) is 13.2 Å². The summed E-state index contributed by atoms with van der Waals surface area (Å²) in [6.07, 6.45) is -1.87. The topological polar surface area (TPSA) is 42.7 Å². The Morgan fingerprint density at radius 2 is 2.00 bits per heavy atom. The monoisotopic (exact) mass is 250 g/mol. The molecule has 0 fully saturated rings. The zero-order valence-electron chi connectivity index (χ0n) is 10.0. The van der Waals surface area contributed by atoms with Crippen LogP contribution >= 0.6 is 0 Å². The smallest absolute Gasteiger partial charge is 0.314 e. The number of hydrogen-bond acceptors (Lipinski definition) is 3. The molecule has 0 amide bonds. The normalized spacial score (nSPS) is 12.1. The molecule has 0 bridgehead atoms. The number of aromatic nitrogens is 3. The fraction of sp³-hybridized carbons (Fsp3) is 0.800. The van der Waals surface area contributed by atoms with Crippen LogP contribution in [0.15, 0.2) is 0 Å². The predicted octanol–water partition coefficient (Wildman–Crippen LogP) is 2.21. The van der Waals surface area contributed by atoms with Crippen LogP contribution in [0.2, 0.25) is 0 Å². The van der Waals surface area contributed by atoms with Crippen molar-refractivity contribution in [1.29, 1.82) is 0 Å². The highest BCUT2D eigenvalue weighted by atomic mass is 19.4. The van der Waals surface area contributed by atoms with E-state index in [1.54, 1.807) is 7.05 Å². The molecule has 0 saturated heterocycles. The summed E-state index contributed by atoms with van der Waals surface area (Å²) in [5.74, 6) is 0. The third-order valence-corrected chi connectivity index (χ3v) is 2.39. The summed E-state index contributed by atoms with van der Waals surface area (Å²) in [7, 11) is 1.58. The number of nitrogens with zero attached hydrogens (tertiary/aromatic N) is 3. The van der Waals surface area contributed by atoms with Crippen LogP contribution in [0.3, 0.4) is 0 Å². The van der Waals surface area contributed by atoms with Crippen LogP contribution < -0.4 is 5.32 Å². The summed E-state index contributed by atoms with van der Waals surface area (Å²) in [4.78, 5) is 0. The molecule has 1 N–H and O–H groups in total. The van der Waals surface area contributed by atoms with Gasteiger partial charge >= 0.3 is 6.18 Å². The molecule has 0 saturated carbocycles. The Kier molecular flexibility index (Phi) is 4.92. The second-order valence-electron chi connectivity index (χ2n) is 3.84. The minimum atomic E-state index is -4.40. The van der Waals surface area contributed by atoms with Gasteiger partial charge in [-0.15, -0.1) is 5.10 Å². The van der Waals surface area contributed by atoms with Gasteiger partial charge in [0.1, 0.15) is 5.69 Å². The molecule has 0 aromatic carbocycles. The molecule has 4 nitrogen and oxygen atoms in total. The van der Waals surface area contributed by atoms with E-state index < -0.39 is 11.9 Å². The Morgan fingerprint density at radius 1 is 1.29 bits per heavy atom. The third-order valence-electron chi connectivity index (χ3n) is 2.39. The lowest BCUT2D eigenvalue weighted by Crippen LogP contribution is -2.19. The van der Waals surface area contributed by atoms with Crippen LogP contribution in [-0.4, -0.2) is 22.0 Å². The fourth-order valence-electron chi connectivity index (χ4n) is 1.61. The van der Waals surface area contributed by atoms with Crippen molar-refractivity contribution < 1.29 is 13.2 Å². The van der Waals surface area contributed by atoms with E-state index in [1.807, 2.05) is 6.92 Å². The number of halogens is 3. The van der Waals surface area contributed by atoms with Gasteiger partial charge in [-0.1, -0.05) is 25.0 Å². The largest absolute Gasteiger partial charge is 0.434 e. The summed E-state index contributed by atoms with van der Waals surface area (Å²) in [6.45, 7) is 2.33. The first-order valence-electron chi connectivity index (χ1n) is 5.64. The summed E-state index contributed by atoms with van der Waals surface area (Å²) < 4.78 is 39.5. The fourth-order valence-corrected chi connectivity index (χ4v) is 1.61. The van der Waals surface area contributed by atoms with Gasteiger partial charge in [-0.05, 0) is 13.5 Å². The van der Waals surface area contributed by atoms with Crippen molar-refractivity contribution in [3.8, 4) is 0 Å². The van der Waals surface area contributed by atoms with Gasteiger partial charge in [-0.25, -0.2) is 4.68 Å². The standard InChI is InChI=1S/C10H17F3N4/c1-3-4-5-6-17-9(10(11,12)13)8(7-14-2)15-16-17/h14H,3-7H2,1-2H3. The molecular weight excluding hydrogens is 233 g/mol. The van der Waals surface area contributed by atoms with Crippen molar-refractivity contribution in [1.82, 2.24) is 20.3 Å². The van der Waals surface area contributed by atoms with Gasteiger partial charge in [-0.2, -0.15) is 13.2 Å². The van der Waals surface area contributed by atoms with E-state index in [0.29, 0.717) is 6.42 Å². The van der Waals surface area contributed by atoms with E-state index >= 15 is 0 Å². The van der Waals surface area contributed by atoms with Crippen LogP contribution in [0.25, 0.3) is 0 Å². The Balaban J connectivity index is 2.89. The van der Waals surface area contributed by atoms with Crippen molar-refractivity contribution in [3.63, 3.8) is 0 Å². The summed E-state index contributed by atoms with van der Waals surface area (Å²) in [5.41, 5.74) is -0.778. The lowest BCUT2D eigenvalue weighted by molar-refractivity contribution is -0.144. The number of hydrogen-bond donors (Lipinski definition) is 1. The first kappa shape index (κ1) is 14.0. The van der Waals surface area contributed by atoms with Crippen molar-refractivity contribution in [2.75, 3.05) is 7.05 Å². The van der Waals surface area contributed by atoms with Crippen molar-refractivity contribution in [2.45, 2.75) is 45.5 Å². The van der Waals surface area contributed by atoms with Gasteiger partial charge < -0.3 is 5.32 Å². The maximum Gasteiger partial charge on any atom is 0.434 e. The van der Waals surface area contributed by atoms with Crippen LogP contribution in [0.5, 0.6) is 0 Å². The van der Waals surface area contributed by atoms with Crippen molar-refractivity contribution in [2.24, 2.45) is 0 Å². The Morgan fingerprint density at radius 3 is 2.53 bits per heavy atom. The molecule has 1 rings (SSSR count). The number of alkyl halides is 3. The van der Waals surface area contributed by atoms with Gasteiger partial charge in [0.25, 0.3) is 0 Å². The van der Waals surface area contributed by atoms with Gasteiger partial charge in [0.05, 0.1) is 0 Å². The van der Waals surface area contributed by atoms with E-state index in [0.717, 1.165) is 17.5 Å². The SMILES string of the molecule is CCCCCn1nnc(CNC)c1C(F)(F)F. The molecule has 0 spiro atoms. The zero-order chi connectivity index (χ0) is 12.9. The summed E-state index contributed by atoms with van der Waals surface area (Å²) in [6, 6.07) is 0. The summed E-state index contributed by atoms with van der Waals surface area (Å²) >= 11 is 0. The van der Waals surface area contributed by atoms with Crippen LogP contribution in [-0.2, 0) is 19.3 Å². The van der Waals surface area contributed by atoms with Crippen molar-refractivity contribution >= 4 is 0 Å². The lowest BCUT2D eigenvalue weighted by atomic mass is 10.2. The number of rotatable bonds is 6. The van der Waals surface area contributed by atoms with Gasteiger partial charge in [-0.3, -0.25) is 0 Å². The molecule has 98 valence electrons. The van der Waals surface area contributed by atoms with Gasteiger partial charge in [0.2, 0.25) is 0 Å². The highest BCUT2D eigenvalue weighted by Crippen LogP contribution is 2.31. The van der Waals surface area contributed by atoms with Gasteiger partial charge in [0.15, 0.2) is 5.69 Å². The van der Waals surface area contributed by atoms with Crippen molar-refractivity contribution in [3.05, 3.63) is 11.4 Å². The second-order valence-corrected chi connectivity index (χ2v) is 3.84. The molecule has 0 aliphatic rings. The molecular formula is C10H17F3N4. The Bertz CT molecular complexity index is 346. The molecule has 0 atom stereocenters. The number of unbranched alkanes of at least 4 members (excludes halogenated alkanes) is 2. The van der Waals surface area contributed by atoms with E-state index in [9.17, 15) is 13.2 Å². The molecule has 0 unspecified atom stereocenters. The molecule has 0 radical (unpaired) electrons. The van der Waals surface area contributed by atoms with E-state index in [1.165, 1.54) is 0 Å². The Hall–Kier alpha value is -1.11. The highest BCUT2D eigenvalue weighted by molar-refractivity contribution is 5.13. The first-order valence-corrected chi connectivity index (χ1v) is 5.64. The molecule has 7 heteroatoms. The molecule has 17 heavy (non-hydrogen) atoms. The average molecular weight is 250 g/mol. The number of nitrogens with one attached hydrogen (secondary N) is 1. The van der Waals surface area contributed by atoms with E-state index in [-0.39, 0.29) is 18.8 Å². The van der Waals surface area contributed by atoms with E-state index in [2.05, 4.69) is 15.6 Å². The maximum atomic E-state index is 12.8. The molecule has 1 heterocycles. The minimum Gasteiger partial charge on any atom is -0.314 e. The lowest BCUT2D eigenvalue weighted by Gasteiger charge is -2.10. The zero-order valence-corrected chi connectivity index (χ0v) is 10.0. The Labute approximate surface area is 98.2 Å². The average Bonchev–Trinajstić information content (AvgIpc) is 2.62. The van der Waals surface area contributed by atoms with Gasteiger partial charge in [0, 0.05) is 13.1 Å². The highest BCUT2D eigenvalue weighted by Gasteiger charge is 2.38. The molecule has 0 aliphatic heterocycles. The van der Waals surface area contributed by atoms with Crippen LogP contribution in [0, 0.1) is 0 Å². The maximum absolute atomic E-state index is 12.8. The number of aryl methyl sites for hydroxylation is 1. The quantitative estimate of drug-likeness (QED) is 0.787. The predicted molar refractivity (Wildman–Crippen MR) is 57.3 cm³/mol. The third kappa shape index (κ3) is 3.69. The summed E-state index contributed by atoms with van der Waals surface area (Å²) in [5, 5.41) is 9.82.